The summed E-state index contributed by atoms with van der Waals surface area (Å²) in [5, 5.41) is 5.20. The molecule has 0 radical (unpaired) electrons. The van der Waals surface area contributed by atoms with Gasteiger partial charge in [0.25, 0.3) is 5.91 Å². The summed E-state index contributed by atoms with van der Waals surface area (Å²) < 4.78 is 3.52. The van der Waals surface area contributed by atoms with Crippen LogP contribution in [0.5, 0.6) is 0 Å². The van der Waals surface area contributed by atoms with E-state index in [9.17, 15) is 4.79 Å². The summed E-state index contributed by atoms with van der Waals surface area (Å²) in [6.07, 6.45) is 1.93. The van der Waals surface area contributed by atoms with E-state index in [1.54, 1.807) is 29.8 Å². The van der Waals surface area contributed by atoms with Gasteiger partial charge in [0.15, 0.2) is 0 Å². The lowest BCUT2D eigenvalue weighted by atomic mass is 10.2. The van der Waals surface area contributed by atoms with Gasteiger partial charge in [-0.25, -0.2) is 10.2 Å². The van der Waals surface area contributed by atoms with Crippen LogP contribution in [-0.2, 0) is 11.9 Å². The minimum absolute atomic E-state index is 0.361. The molecule has 1 N–H and O–H groups in total. The summed E-state index contributed by atoms with van der Waals surface area (Å²) in [5.74, 6) is -0.361. The Bertz CT molecular complexity index is 852. The van der Waals surface area contributed by atoms with Crippen LogP contribution < -0.4 is 5.48 Å². The number of benzene rings is 1. The molecule has 24 heavy (non-hydrogen) atoms. The van der Waals surface area contributed by atoms with E-state index in [0.29, 0.717) is 23.0 Å². The fourth-order valence-corrected chi connectivity index (χ4v) is 2.49. The zero-order valence-corrected chi connectivity index (χ0v) is 14.1. The van der Waals surface area contributed by atoms with Crippen LogP contribution in [0.2, 0.25) is 5.02 Å². The van der Waals surface area contributed by atoms with Gasteiger partial charge in [0.2, 0.25) is 0 Å². The fourth-order valence-electron chi connectivity index (χ4n) is 2.36. The van der Waals surface area contributed by atoms with Crippen LogP contribution in [-0.4, -0.2) is 26.9 Å². The van der Waals surface area contributed by atoms with Gasteiger partial charge in [0, 0.05) is 18.3 Å². The highest BCUT2D eigenvalue weighted by Crippen LogP contribution is 2.22. The molecule has 6 nitrogen and oxygen atoms in total. The lowest BCUT2D eigenvalue weighted by Crippen LogP contribution is -2.26. The minimum atomic E-state index is -0.361. The smallest absolute Gasteiger partial charge is 0.293 e. The second-order valence-electron chi connectivity index (χ2n) is 5.17. The van der Waals surface area contributed by atoms with E-state index in [4.69, 9.17) is 16.4 Å². The van der Waals surface area contributed by atoms with E-state index >= 15 is 0 Å². The predicted molar refractivity (Wildman–Crippen MR) is 92.1 cm³/mol. The molecule has 0 spiro atoms. The summed E-state index contributed by atoms with van der Waals surface area (Å²) >= 11 is 5.94. The second-order valence-corrected chi connectivity index (χ2v) is 5.61. The molecule has 0 saturated carbocycles. The van der Waals surface area contributed by atoms with Gasteiger partial charge in [0.1, 0.15) is 11.4 Å². The maximum atomic E-state index is 12.4. The lowest BCUT2D eigenvalue weighted by Gasteiger charge is -2.07. The van der Waals surface area contributed by atoms with Crippen LogP contribution in [0, 0.1) is 0 Å². The third-order valence-electron chi connectivity index (χ3n) is 3.53. The molecule has 0 atom stereocenters. The first-order chi connectivity index (χ1) is 11.6. The number of halogens is 1. The number of hydrogen-bond acceptors (Lipinski definition) is 3. The normalized spacial score (nSPS) is 10.8. The van der Waals surface area contributed by atoms with Gasteiger partial charge >= 0.3 is 0 Å². The van der Waals surface area contributed by atoms with Crippen LogP contribution >= 0.6 is 11.6 Å². The monoisotopic (exact) mass is 344 g/mol. The number of nitrogens with one attached hydrogen (secondary N) is 1. The maximum Gasteiger partial charge on any atom is 0.293 e. The standard InChI is InChI=1S/C17H17ClN4O2/c1-3-24-20-17(23)16-11-14(15-5-4-10-21(15)2)19-22(16)13-8-6-12(18)7-9-13/h4-11H,3H2,1-2H3,(H,20,23). The number of aromatic nitrogens is 3. The van der Waals surface area contributed by atoms with Crippen molar-refractivity contribution in [2.75, 3.05) is 6.61 Å². The highest BCUT2D eigenvalue weighted by atomic mass is 35.5. The number of rotatable bonds is 5. The zero-order chi connectivity index (χ0) is 17.1. The quantitative estimate of drug-likeness (QED) is 0.723. The molecule has 0 aliphatic heterocycles. The number of hydroxylamine groups is 1. The number of nitrogens with zero attached hydrogens (tertiary/aromatic N) is 3. The van der Waals surface area contributed by atoms with Crippen LogP contribution in [0.4, 0.5) is 0 Å². The van der Waals surface area contributed by atoms with Crippen molar-refractivity contribution in [3.63, 3.8) is 0 Å². The van der Waals surface area contributed by atoms with Crippen LogP contribution in [0.25, 0.3) is 17.1 Å². The fraction of sp³-hybridized carbons (Fsp3) is 0.176. The Kier molecular flexibility index (Phi) is 4.69. The first kappa shape index (κ1) is 16.3. The van der Waals surface area contributed by atoms with Gasteiger partial charge < -0.3 is 4.57 Å². The SMILES string of the molecule is CCONC(=O)c1cc(-c2cccn2C)nn1-c1ccc(Cl)cc1. The maximum absolute atomic E-state index is 12.4. The van der Waals surface area contributed by atoms with Crippen LogP contribution in [0.15, 0.2) is 48.7 Å². The molecular formula is C17H17ClN4O2. The van der Waals surface area contributed by atoms with Gasteiger partial charge in [-0.05, 0) is 49.4 Å². The first-order valence-corrected chi connectivity index (χ1v) is 7.87. The van der Waals surface area contributed by atoms with E-state index in [0.717, 1.165) is 11.4 Å². The van der Waals surface area contributed by atoms with Crippen molar-refractivity contribution in [2.24, 2.45) is 7.05 Å². The number of carbonyl (C=O) groups excluding carboxylic acids is 1. The molecule has 0 bridgehead atoms. The molecule has 124 valence electrons. The van der Waals surface area contributed by atoms with Crippen molar-refractivity contribution in [3.8, 4) is 17.1 Å². The van der Waals surface area contributed by atoms with Crippen LogP contribution in [0.1, 0.15) is 17.4 Å². The molecule has 1 aromatic carbocycles. The minimum Gasteiger partial charge on any atom is -0.349 e. The molecule has 0 aliphatic rings. The molecule has 2 aromatic heterocycles. The molecule has 3 rings (SSSR count). The zero-order valence-electron chi connectivity index (χ0n) is 13.4. The van der Waals surface area contributed by atoms with E-state index in [2.05, 4.69) is 10.6 Å². The highest BCUT2D eigenvalue weighted by Gasteiger charge is 2.18. The summed E-state index contributed by atoms with van der Waals surface area (Å²) in [5.41, 5.74) is 5.13. The Morgan fingerprint density at radius 2 is 2.04 bits per heavy atom. The summed E-state index contributed by atoms with van der Waals surface area (Å²) in [4.78, 5) is 17.4. The van der Waals surface area contributed by atoms with E-state index in [1.807, 2.05) is 42.1 Å². The van der Waals surface area contributed by atoms with Gasteiger partial charge in [-0.1, -0.05) is 11.6 Å². The van der Waals surface area contributed by atoms with E-state index < -0.39 is 0 Å². The Hall–Kier alpha value is -2.57. The van der Waals surface area contributed by atoms with Crippen LogP contribution in [0.3, 0.4) is 0 Å². The second kappa shape index (κ2) is 6.90. The first-order valence-electron chi connectivity index (χ1n) is 7.50. The summed E-state index contributed by atoms with van der Waals surface area (Å²) in [7, 11) is 1.93. The molecule has 7 heteroatoms. The molecule has 1 amide bonds. The Labute approximate surface area is 144 Å². The largest absolute Gasteiger partial charge is 0.349 e. The van der Waals surface area contributed by atoms with Crippen molar-refractivity contribution in [1.29, 1.82) is 0 Å². The topological polar surface area (TPSA) is 61.1 Å². The number of aryl methyl sites for hydroxylation is 1. The van der Waals surface area contributed by atoms with Crippen molar-refractivity contribution in [1.82, 2.24) is 19.8 Å². The van der Waals surface area contributed by atoms with Crippen molar-refractivity contribution < 1.29 is 9.63 Å². The number of hydrogen-bond donors (Lipinski definition) is 1. The highest BCUT2D eigenvalue weighted by molar-refractivity contribution is 6.30. The van der Waals surface area contributed by atoms with Crippen molar-refractivity contribution in [3.05, 3.63) is 59.4 Å². The molecule has 0 unspecified atom stereocenters. The summed E-state index contributed by atoms with van der Waals surface area (Å²) in [6, 6.07) is 12.7. The molecular weight excluding hydrogens is 328 g/mol. The average Bonchev–Trinajstić information content (AvgIpc) is 3.19. The van der Waals surface area contributed by atoms with Gasteiger partial charge in [-0.15, -0.1) is 0 Å². The van der Waals surface area contributed by atoms with E-state index in [1.165, 1.54) is 0 Å². The molecule has 0 fully saturated rings. The average molecular weight is 345 g/mol. The van der Waals surface area contributed by atoms with E-state index in [-0.39, 0.29) is 5.91 Å². The summed E-state index contributed by atoms with van der Waals surface area (Å²) in [6.45, 7) is 2.18. The third kappa shape index (κ3) is 3.20. The van der Waals surface area contributed by atoms with Gasteiger partial charge in [-0.3, -0.25) is 9.63 Å². The van der Waals surface area contributed by atoms with Crippen molar-refractivity contribution >= 4 is 17.5 Å². The number of amides is 1. The third-order valence-corrected chi connectivity index (χ3v) is 3.78. The molecule has 2 heterocycles. The van der Waals surface area contributed by atoms with Gasteiger partial charge in [0.05, 0.1) is 18.0 Å². The molecule has 0 saturated heterocycles. The predicted octanol–water partition coefficient (Wildman–Crippen LogP) is 3.21. The number of carbonyl (C=O) groups is 1. The van der Waals surface area contributed by atoms with Gasteiger partial charge in [-0.2, -0.15) is 5.10 Å². The Morgan fingerprint density at radius 3 is 2.67 bits per heavy atom. The lowest BCUT2D eigenvalue weighted by molar-refractivity contribution is 0.0357. The van der Waals surface area contributed by atoms with Crippen molar-refractivity contribution in [2.45, 2.75) is 6.92 Å². The Balaban J connectivity index is 2.07. The Morgan fingerprint density at radius 1 is 1.29 bits per heavy atom. The molecule has 0 aliphatic carbocycles. The molecule has 3 aromatic rings.